The Morgan fingerprint density at radius 2 is 1.79 bits per heavy atom. The van der Waals surface area contributed by atoms with E-state index in [0.29, 0.717) is 0 Å². The van der Waals surface area contributed by atoms with Crippen LogP contribution in [0.15, 0.2) is 24.4 Å². The molecule has 0 amide bonds. The van der Waals surface area contributed by atoms with Crippen molar-refractivity contribution in [2.45, 2.75) is 39.5 Å². The molecule has 0 aromatic carbocycles. The maximum Gasteiger partial charge on any atom is 0.180 e. The van der Waals surface area contributed by atoms with E-state index in [0.717, 1.165) is 56.2 Å². The van der Waals surface area contributed by atoms with Gasteiger partial charge in [0.05, 0.1) is 0 Å². The van der Waals surface area contributed by atoms with Gasteiger partial charge < -0.3 is 9.80 Å². The fourth-order valence-electron chi connectivity index (χ4n) is 4.47. The molecule has 0 spiro atoms. The van der Waals surface area contributed by atoms with Gasteiger partial charge in [0.15, 0.2) is 5.82 Å². The molecule has 4 rings (SSSR count). The first-order valence-electron chi connectivity index (χ1n) is 11.3. The topological polar surface area (TPSA) is 48.4 Å². The highest BCUT2D eigenvalue weighted by atomic mass is 15.3. The molecule has 0 bridgehead atoms. The third-order valence-electron chi connectivity index (χ3n) is 6.20. The van der Waals surface area contributed by atoms with Gasteiger partial charge in [0.2, 0.25) is 0 Å². The van der Waals surface area contributed by atoms with E-state index in [1.807, 2.05) is 24.4 Å². The fraction of sp³-hybridized carbons (Fsp3) is 0.609. The Labute approximate surface area is 175 Å². The molecular formula is C23H34N6. The number of hydrogen-bond donors (Lipinski definition) is 0. The average molecular weight is 395 g/mol. The number of aromatic nitrogens is 3. The number of hydrogen-bond acceptors (Lipinski definition) is 6. The van der Waals surface area contributed by atoms with E-state index in [1.165, 1.54) is 50.4 Å². The molecule has 2 aliphatic rings. The van der Waals surface area contributed by atoms with Crippen LogP contribution in [-0.4, -0.2) is 77.1 Å². The summed E-state index contributed by atoms with van der Waals surface area (Å²) >= 11 is 0. The number of fused-ring (bicyclic) bond motifs is 1. The highest BCUT2D eigenvalue weighted by Crippen LogP contribution is 2.31. The minimum absolute atomic E-state index is 0.777. The Balaban J connectivity index is 1.54. The molecule has 1 aliphatic carbocycles. The summed E-state index contributed by atoms with van der Waals surface area (Å²) in [6, 6.07) is 5.97. The van der Waals surface area contributed by atoms with Crippen LogP contribution in [0.3, 0.4) is 0 Å². The highest BCUT2D eigenvalue weighted by molar-refractivity contribution is 5.59. The lowest BCUT2D eigenvalue weighted by Gasteiger charge is -2.35. The molecule has 156 valence electrons. The fourth-order valence-corrected chi connectivity index (χ4v) is 4.47. The predicted octanol–water partition coefficient (Wildman–Crippen LogP) is 2.88. The Morgan fingerprint density at radius 1 is 0.966 bits per heavy atom. The number of nitrogens with zero attached hydrogens (tertiary/aromatic N) is 6. The molecule has 0 saturated carbocycles. The largest absolute Gasteiger partial charge is 0.355 e. The second kappa shape index (κ2) is 9.63. The lowest BCUT2D eigenvalue weighted by molar-refractivity contribution is 0.139. The monoisotopic (exact) mass is 394 g/mol. The Hall–Kier alpha value is -2.05. The van der Waals surface area contributed by atoms with E-state index in [1.54, 1.807) is 0 Å². The molecule has 1 saturated heterocycles. The second-order valence-corrected chi connectivity index (χ2v) is 8.13. The molecule has 1 aliphatic heterocycles. The third kappa shape index (κ3) is 4.75. The third-order valence-corrected chi connectivity index (χ3v) is 6.20. The van der Waals surface area contributed by atoms with Crippen molar-refractivity contribution in [1.82, 2.24) is 24.8 Å². The predicted molar refractivity (Wildman–Crippen MR) is 118 cm³/mol. The molecule has 0 atom stereocenters. The van der Waals surface area contributed by atoms with Gasteiger partial charge in [-0.1, -0.05) is 19.9 Å². The summed E-state index contributed by atoms with van der Waals surface area (Å²) in [5.41, 5.74) is 3.47. The van der Waals surface area contributed by atoms with Crippen molar-refractivity contribution in [2.75, 3.05) is 57.3 Å². The van der Waals surface area contributed by atoms with Crippen molar-refractivity contribution in [3.63, 3.8) is 0 Å². The summed E-state index contributed by atoms with van der Waals surface area (Å²) in [4.78, 5) is 22.1. The standard InChI is InChI=1S/C23H34N6/c1-3-12-29(18-17-28-15-13-27(4-2)14-16-28)23-19-8-7-10-20(19)25-22(26-23)21-9-5-6-11-24-21/h5-6,9,11H,3-4,7-8,10,12-18H2,1-2H3. The molecule has 6 nitrogen and oxygen atoms in total. The van der Waals surface area contributed by atoms with E-state index < -0.39 is 0 Å². The number of likely N-dealkylation sites (N-methyl/N-ethyl adjacent to an activating group) is 1. The van der Waals surface area contributed by atoms with Crippen molar-refractivity contribution in [1.29, 1.82) is 0 Å². The molecule has 3 heterocycles. The van der Waals surface area contributed by atoms with Crippen molar-refractivity contribution in [2.24, 2.45) is 0 Å². The first-order valence-corrected chi connectivity index (χ1v) is 11.3. The lowest BCUT2D eigenvalue weighted by Crippen LogP contribution is -2.48. The van der Waals surface area contributed by atoms with Gasteiger partial charge in [0, 0.05) is 63.3 Å². The van der Waals surface area contributed by atoms with E-state index in [9.17, 15) is 0 Å². The van der Waals surface area contributed by atoms with Crippen molar-refractivity contribution >= 4 is 5.82 Å². The van der Waals surface area contributed by atoms with E-state index in [4.69, 9.17) is 9.97 Å². The van der Waals surface area contributed by atoms with Gasteiger partial charge in [-0.3, -0.25) is 9.88 Å². The van der Waals surface area contributed by atoms with Crippen LogP contribution >= 0.6 is 0 Å². The number of piperazine rings is 1. The number of anilines is 1. The van der Waals surface area contributed by atoms with Gasteiger partial charge in [-0.05, 0) is 44.4 Å². The molecular weight excluding hydrogens is 360 g/mol. The first kappa shape index (κ1) is 20.2. The minimum Gasteiger partial charge on any atom is -0.355 e. The smallest absolute Gasteiger partial charge is 0.180 e. The van der Waals surface area contributed by atoms with Crippen molar-refractivity contribution in [3.8, 4) is 11.5 Å². The van der Waals surface area contributed by atoms with Gasteiger partial charge in [0.1, 0.15) is 11.5 Å². The molecule has 0 radical (unpaired) electrons. The molecule has 2 aromatic rings. The maximum absolute atomic E-state index is 5.05. The summed E-state index contributed by atoms with van der Waals surface area (Å²) in [6.07, 6.45) is 6.29. The number of pyridine rings is 1. The highest BCUT2D eigenvalue weighted by Gasteiger charge is 2.24. The van der Waals surface area contributed by atoms with Crippen LogP contribution in [-0.2, 0) is 12.8 Å². The Morgan fingerprint density at radius 3 is 2.52 bits per heavy atom. The van der Waals surface area contributed by atoms with E-state index in [2.05, 4.69) is 33.5 Å². The Bertz CT molecular complexity index is 785. The summed E-state index contributed by atoms with van der Waals surface area (Å²) in [6.45, 7) is 13.6. The summed E-state index contributed by atoms with van der Waals surface area (Å²) in [7, 11) is 0. The molecule has 1 fully saturated rings. The normalized spacial score (nSPS) is 17.4. The summed E-state index contributed by atoms with van der Waals surface area (Å²) in [5.74, 6) is 1.93. The summed E-state index contributed by atoms with van der Waals surface area (Å²) < 4.78 is 0. The molecule has 29 heavy (non-hydrogen) atoms. The quantitative estimate of drug-likeness (QED) is 0.686. The van der Waals surface area contributed by atoms with E-state index >= 15 is 0 Å². The Kier molecular flexibility index (Phi) is 6.72. The van der Waals surface area contributed by atoms with Crippen LogP contribution in [0.1, 0.15) is 37.9 Å². The van der Waals surface area contributed by atoms with Gasteiger partial charge in [-0.15, -0.1) is 0 Å². The van der Waals surface area contributed by atoms with Gasteiger partial charge in [0.25, 0.3) is 0 Å². The average Bonchev–Trinajstić information content (AvgIpc) is 3.26. The van der Waals surface area contributed by atoms with Crippen LogP contribution in [0.2, 0.25) is 0 Å². The van der Waals surface area contributed by atoms with Gasteiger partial charge in [-0.2, -0.15) is 0 Å². The maximum atomic E-state index is 5.05. The minimum atomic E-state index is 0.777. The molecule has 0 unspecified atom stereocenters. The van der Waals surface area contributed by atoms with Crippen LogP contribution in [0.25, 0.3) is 11.5 Å². The second-order valence-electron chi connectivity index (χ2n) is 8.13. The van der Waals surface area contributed by atoms with Crippen molar-refractivity contribution < 1.29 is 0 Å². The first-order chi connectivity index (χ1) is 14.3. The number of aryl methyl sites for hydroxylation is 1. The van der Waals surface area contributed by atoms with E-state index in [-0.39, 0.29) is 0 Å². The lowest BCUT2D eigenvalue weighted by atomic mass is 10.2. The van der Waals surface area contributed by atoms with Crippen LogP contribution in [0, 0.1) is 0 Å². The number of rotatable bonds is 8. The molecule has 2 aromatic heterocycles. The zero-order valence-corrected chi connectivity index (χ0v) is 18.0. The van der Waals surface area contributed by atoms with Crippen LogP contribution in [0.5, 0.6) is 0 Å². The van der Waals surface area contributed by atoms with Crippen LogP contribution in [0.4, 0.5) is 5.82 Å². The van der Waals surface area contributed by atoms with Crippen LogP contribution < -0.4 is 4.90 Å². The SMILES string of the molecule is CCCN(CCN1CCN(CC)CC1)c1nc(-c2ccccn2)nc2c1CCC2. The zero-order valence-electron chi connectivity index (χ0n) is 18.0. The van der Waals surface area contributed by atoms with Crippen molar-refractivity contribution in [3.05, 3.63) is 35.7 Å². The zero-order chi connectivity index (χ0) is 20.1. The summed E-state index contributed by atoms with van der Waals surface area (Å²) in [5, 5.41) is 0. The molecule has 0 N–H and O–H groups in total. The van der Waals surface area contributed by atoms with Gasteiger partial charge in [-0.25, -0.2) is 9.97 Å². The van der Waals surface area contributed by atoms with Gasteiger partial charge >= 0.3 is 0 Å². The molecule has 6 heteroatoms.